The summed E-state index contributed by atoms with van der Waals surface area (Å²) in [6.45, 7) is 3.25. The van der Waals surface area contributed by atoms with Gasteiger partial charge in [-0.25, -0.2) is 4.79 Å². The SMILES string of the molecule is CCOC(=O)c1cc2c(c3c1C(OC)NC3=O)c1ccccc1n2CCCN. The van der Waals surface area contributed by atoms with E-state index in [0.717, 1.165) is 28.2 Å². The summed E-state index contributed by atoms with van der Waals surface area (Å²) < 4.78 is 12.8. The Morgan fingerprint density at radius 2 is 2.07 bits per heavy atom. The van der Waals surface area contributed by atoms with Gasteiger partial charge >= 0.3 is 5.97 Å². The first-order valence-corrected chi connectivity index (χ1v) is 9.41. The summed E-state index contributed by atoms with van der Waals surface area (Å²) in [6, 6.07) is 9.73. The molecular weight excluding hydrogens is 358 g/mol. The molecule has 0 saturated carbocycles. The van der Waals surface area contributed by atoms with Crippen molar-refractivity contribution in [3.05, 3.63) is 47.0 Å². The van der Waals surface area contributed by atoms with Gasteiger partial charge in [0.15, 0.2) is 6.23 Å². The van der Waals surface area contributed by atoms with Crippen LogP contribution in [-0.2, 0) is 16.0 Å². The van der Waals surface area contributed by atoms with Gasteiger partial charge in [0.25, 0.3) is 5.91 Å². The zero-order valence-electron chi connectivity index (χ0n) is 16.0. The van der Waals surface area contributed by atoms with Gasteiger partial charge in [-0.3, -0.25) is 4.79 Å². The second-order valence-corrected chi connectivity index (χ2v) is 6.73. The van der Waals surface area contributed by atoms with Crippen molar-refractivity contribution < 1.29 is 19.1 Å². The molecule has 2 heterocycles. The zero-order valence-corrected chi connectivity index (χ0v) is 16.0. The molecule has 0 spiro atoms. The average molecular weight is 381 g/mol. The maximum Gasteiger partial charge on any atom is 0.338 e. The number of hydrogen-bond acceptors (Lipinski definition) is 5. The van der Waals surface area contributed by atoms with Crippen LogP contribution in [0, 0.1) is 0 Å². The van der Waals surface area contributed by atoms with E-state index in [0.29, 0.717) is 29.8 Å². The Morgan fingerprint density at radius 1 is 1.29 bits per heavy atom. The average Bonchev–Trinajstić information content (AvgIpc) is 3.20. The smallest absolute Gasteiger partial charge is 0.338 e. The number of amides is 1. The number of aromatic nitrogens is 1. The number of carbonyl (C=O) groups excluding carboxylic acids is 2. The van der Waals surface area contributed by atoms with E-state index in [4.69, 9.17) is 15.2 Å². The summed E-state index contributed by atoms with van der Waals surface area (Å²) in [5, 5.41) is 4.61. The molecule has 1 unspecified atom stereocenters. The molecule has 2 aromatic carbocycles. The van der Waals surface area contributed by atoms with Gasteiger partial charge in [0.05, 0.1) is 23.3 Å². The normalized spacial score (nSPS) is 15.8. The van der Waals surface area contributed by atoms with Crippen LogP contribution in [0.4, 0.5) is 0 Å². The highest BCUT2D eigenvalue weighted by Gasteiger charge is 2.37. The van der Waals surface area contributed by atoms with Crippen LogP contribution >= 0.6 is 0 Å². The fraction of sp³-hybridized carbons (Fsp3) is 0.333. The lowest BCUT2D eigenvalue weighted by Gasteiger charge is -2.14. The lowest BCUT2D eigenvalue weighted by atomic mass is 9.96. The van der Waals surface area contributed by atoms with Gasteiger partial charge in [-0.2, -0.15) is 0 Å². The maximum atomic E-state index is 12.9. The molecule has 0 aliphatic carbocycles. The fourth-order valence-corrected chi connectivity index (χ4v) is 4.04. The Hall–Kier alpha value is -2.90. The summed E-state index contributed by atoms with van der Waals surface area (Å²) >= 11 is 0. The van der Waals surface area contributed by atoms with E-state index in [1.807, 2.05) is 30.3 Å². The number of nitrogens with one attached hydrogen (secondary N) is 1. The van der Waals surface area contributed by atoms with E-state index < -0.39 is 12.2 Å². The minimum atomic E-state index is -0.683. The molecule has 7 heteroatoms. The highest BCUT2D eigenvalue weighted by atomic mass is 16.5. The first kappa shape index (κ1) is 18.5. The van der Waals surface area contributed by atoms with Gasteiger partial charge < -0.3 is 25.1 Å². The summed E-state index contributed by atoms with van der Waals surface area (Å²) in [5.74, 6) is -0.713. The number of aryl methyl sites for hydroxylation is 1. The van der Waals surface area contributed by atoms with Crippen molar-refractivity contribution in [1.82, 2.24) is 9.88 Å². The number of ether oxygens (including phenoxy) is 2. The second-order valence-electron chi connectivity index (χ2n) is 6.73. The van der Waals surface area contributed by atoms with Gasteiger partial charge in [-0.05, 0) is 32.0 Å². The molecule has 3 aromatic rings. The van der Waals surface area contributed by atoms with Gasteiger partial charge in [-0.15, -0.1) is 0 Å². The summed E-state index contributed by atoms with van der Waals surface area (Å²) in [4.78, 5) is 25.6. The van der Waals surface area contributed by atoms with Crippen molar-refractivity contribution in [2.45, 2.75) is 26.1 Å². The topological polar surface area (TPSA) is 95.6 Å². The lowest BCUT2D eigenvalue weighted by molar-refractivity contribution is 0.0498. The number of fused-ring (bicyclic) bond motifs is 5. The van der Waals surface area contributed by atoms with Crippen molar-refractivity contribution >= 4 is 33.7 Å². The molecule has 0 saturated heterocycles. The second kappa shape index (κ2) is 7.26. The molecule has 1 atom stereocenters. The van der Waals surface area contributed by atoms with E-state index in [-0.39, 0.29) is 12.5 Å². The number of esters is 1. The highest BCUT2D eigenvalue weighted by Crippen LogP contribution is 2.40. The van der Waals surface area contributed by atoms with Crippen LogP contribution in [0.3, 0.4) is 0 Å². The maximum absolute atomic E-state index is 12.9. The van der Waals surface area contributed by atoms with Crippen LogP contribution in [0.5, 0.6) is 0 Å². The number of carbonyl (C=O) groups is 2. The van der Waals surface area contributed by atoms with E-state index in [1.54, 1.807) is 6.92 Å². The molecule has 0 fully saturated rings. The summed E-state index contributed by atoms with van der Waals surface area (Å²) in [6.07, 6.45) is 0.101. The van der Waals surface area contributed by atoms with Crippen molar-refractivity contribution in [3.8, 4) is 0 Å². The lowest BCUT2D eigenvalue weighted by Crippen LogP contribution is -2.20. The summed E-state index contributed by atoms with van der Waals surface area (Å²) in [7, 11) is 1.50. The largest absolute Gasteiger partial charge is 0.462 e. The van der Waals surface area contributed by atoms with Gasteiger partial charge in [0, 0.05) is 35.5 Å². The molecule has 7 nitrogen and oxygen atoms in total. The number of hydrogen-bond donors (Lipinski definition) is 2. The first-order chi connectivity index (χ1) is 13.6. The van der Waals surface area contributed by atoms with Crippen LogP contribution < -0.4 is 11.1 Å². The Kier molecular flexibility index (Phi) is 4.78. The molecule has 1 aliphatic heterocycles. The molecular formula is C21H23N3O4. The Morgan fingerprint density at radius 3 is 2.79 bits per heavy atom. The van der Waals surface area contributed by atoms with E-state index in [9.17, 15) is 9.59 Å². The number of benzene rings is 2. The molecule has 28 heavy (non-hydrogen) atoms. The van der Waals surface area contributed by atoms with E-state index >= 15 is 0 Å². The molecule has 0 radical (unpaired) electrons. The highest BCUT2D eigenvalue weighted by molar-refractivity contribution is 6.22. The van der Waals surface area contributed by atoms with Gasteiger partial charge in [0.2, 0.25) is 0 Å². The predicted molar refractivity (Wildman–Crippen MR) is 106 cm³/mol. The van der Waals surface area contributed by atoms with E-state index in [2.05, 4.69) is 9.88 Å². The summed E-state index contributed by atoms with van der Waals surface area (Å²) in [5.41, 5.74) is 8.93. The Balaban J connectivity index is 2.13. The van der Waals surface area contributed by atoms with Crippen molar-refractivity contribution in [2.24, 2.45) is 5.73 Å². The van der Waals surface area contributed by atoms with Crippen molar-refractivity contribution in [1.29, 1.82) is 0 Å². The third-order valence-corrected chi connectivity index (χ3v) is 5.17. The first-order valence-electron chi connectivity index (χ1n) is 9.41. The van der Waals surface area contributed by atoms with Crippen molar-refractivity contribution in [2.75, 3.05) is 20.3 Å². The molecule has 146 valence electrons. The van der Waals surface area contributed by atoms with Gasteiger partial charge in [0.1, 0.15) is 0 Å². The molecule has 1 aliphatic rings. The predicted octanol–water partition coefficient (Wildman–Crippen LogP) is 2.71. The van der Waals surface area contributed by atoms with Crippen LogP contribution in [0.2, 0.25) is 0 Å². The Bertz CT molecular complexity index is 1090. The van der Waals surface area contributed by atoms with Crippen LogP contribution in [-0.4, -0.2) is 36.7 Å². The molecule has 1 aromatic heterocycles. The number of rotatable bonds is 6. The molecule has 0 bridgehead atoms. The van der Waals surface area contributed by atoms with Crippen molar-refractivity contribution in [3.63, 3.8) is 0 Å². The molecule has 3 N–H and O–H groups in total. The molecule has 4 rings (SSSR count). The third-order valence-electron chi connectivity index (χ3n) is 5.17. The van der Waals surface area contributed by atoms with Crippen LogP contribution in [0.15, 0.2) is 30.3 Å². The quantitative estimate of drug-likeness (QED) is 0.640. The number of methoxy groups -OCH3 is 1. The molecule has 1 amide bonds. The standard InChI is InChI=1S/C21H23N3O4/c1-3-28-21(26)13-11-15-16(18-17(13)20(27-2)23-19(18)25)12-7-4-5-8-14(12)24(15)10-6-9-22/h4-5,7-8,11,20H,3,6,9-10,22H2,1-2H3,(H,23,25). The third kappa shape index (κ3) is 2.66. The fourth-order valence-electron chi connectivity index (χ4n) is 4.04. The number of nitrogens with two attached hydrogens (primary N) is 1. The minimum absolute atomic E-state index is 0.250. The number of nitrogens with zero attached hydrogens (tertiary/aromatic N) is 1. The monoisotopic (exact) mass is 381 g/mol. The number of para-hydroxylation sites is 1. The van der Waals surface area contributed by atoms with Gasteiger partial charge in [-0.1, -0.05) is 18.2 Å². The Labute approximate surface area is 162 Å². The van der Waals surface area contributed by atoms with Crippen LogP contribution in [0.1, 0.15) is 45.9 Å². The van der Waals surface area contributed by atoms with Crippen LogP contribution in [0.25, 0.3) is 21.8 Å². The van der Waals surface area contributed by atoms with E-state index in [1.165, 1.54) is 7.11 Å². The minimum Gasteiger partial charge on any atom is -0.462 e. The zero-order chi connectivity index (χ0) is 19.8.